The monoisotopic (exact) mass is 421 g/mol. The van der Waals surface area contributed by atoms with Crippen LogP contribution in [0.4, 0.5) is 0 Å². The van der Waals surface area contributed by atoms with Gasteiger partial charge in [-0.2, -0.15) is 0 Å². The average Bonchev–Trinajstić information content (AvgIpc) is 2.80. The summed E-state index contributed by atoms with van der Waals surface area (Å²) in [5.74, 6) is 0.141. The molecule has 2 heterocycles. The van der Waals surface area contributed by atoms with Gasteiger partial charge in [-0.1, -0.05) is 60.7 Å². The molecule has 2 fully saturated rings. The molecule has 4 rings (SSSR count). The van der Waals surface area contributed by atoms with Gasteiger partial charge in [-0.25, -0.2) is 0 Å². The number of likely N-dealkylation sites (tertiary alicyclic amines) is 1. The highest BCUT2D eigenvalue weighted by atomic mass is 16.5. The Bertz CT molecular complexity index is 821. The van der Waals surface area contributed by atoms with E-state index in [0.717, 1.165) is 45.6 Å². The molecule has 1 N–H and O–H groups in total. The first-order chi connectivity index (χ1) is 15.1. The fourth-order valence-corrected chi connectivity index (χ4v) is 4.72. The van der Waals surface area contributed by atoms with Crippen LogP contribution in [-0.2, 0) is 16.1 Å². The first-order valence-corrected chi connectivity index (χ1v) is 11.6. The second-order valence-electron chi connectivity index (χ2n) is 9.02. The predicted octanol–water partition coefficient (Wildman–Crippen LogP) is 3.62. The summed E-state index contributed by atoms with van der Waals surface area (Å²) in [7, 11) is 0. The molecule has 0 saturated carbocycles. The number of carbonyl (C=O) groups is 1. The summed E-state index contributed by atoms with van der Waals surface area (Å²) >= 11 is 0. The van der Waals surface area contributed by atoms with Crippen molar-refractivity contribution in [3.63, 3.8) is 0 Å². The van der Waals surface area contributed by atoms with E-state index in [4.69, 9.17) is 4.74 Å². The first kappa shape index (κ1) is 22.0. The van der Waals surface area contributed by atoms with Crippen molar-refractivity contribution in [1.29, 1.82) is 0 Å². The van der Waals surface area contributed by atoms with Crippen molar-refractivity contribution in [1.82, 2.24) is 15.1 Å². The molecular formula is C26H35N3O2. The van der Waals surface area contributed by atoms with Crippen molar-refractivity contribution in [2.24, 2.45) is 0 Å². The molecule has 0 spiro atoms. The highest BCUT2D eigenvalue weighted by Gasteiger charge is 2.33. The third kappa shape index (κ3) is 5.94. The second kappa shape index (κ2) is 10.4. The molecule has 0 radical (unpaired) electrons. The van der Waals surface area contributed by atoms with Crippen LogP contribution in [0.3, 0.4) is 0 Å². The fourth-order valence-electron chi connectivity index (χ4n) is 4.72. The average molecular weight is 422 g/mol. The van der Waals surface area contributed by atoms with Crippen molar-refractivity contribution in [2.75, 3.05) is 26.2 Å². The van der Waals surface area contributed by atoms with E-state index in [1.165, 1.54) is 11.1 Å². The van der Waals surface area contributed by atoms with Gasteiger partial charge >= 0.3 is 0 Å². The molecule has 2 aliphatic heterocycles. The summed E-state index contributed by atoms with van der Waals surface area (Å²) < 4.78 is 6.16. The Balaban J connectivity index is 1.26. The number of ether oxygens (including phenoxy) is 1. The van der Waals surface area contributed by atoms with E-state index < -0.39 is 0 Å². The highest BCUT2D eigenvalue weighted by molar-refractivity contribution is 5.81. The molecule has 31 heavy (non-hydrogen) atoms. The Hall–Kier alpha value is -2.21. The number of amides is 1. The maximum atomic E-state index is 13.0. The summed E-state index contributed by atoms with van der Waals surface area (Å²) in [6.07, 6.45) is 2.14. The summed E-state index contributed by atoms with van der Waals surface area (Å²) in [5.41, 5.74) is 2.53. The van der Waals surface area contributed by atoms with E-state index in [1.807, 2.05) is 25.1 Å². The summed E-state index contributed by atoms with van der Waals surface area (Å²) in [6, 6.07) is 21.1. The van der Waals surface area contributed by atoms with Gasteiger partial charge in [0.2, 0.25) is 5.91 Å². The van der Waals surface area contributed by atoms with Gasteiger partial charge in [0.25, 0.3) is 0 Å². The van der Waals surface area contributed by atoms with E-state index in [-0.39, 0.29) is 30.2 Å². The van der Waals surface area contributed by atoms with Gasteiger partial charge in [0, 0.05) is 38.8 Å². The number of morpholine rings is 1. The summed E-state index contributed by atoms with van der Waals surface area (Å²) in [6.45, 7) is 8.70. The van der Waals surface area contributed by atoms with E-state index in [0.29, 0.717) is 0 Å². The minimum absolute atomic E-state index is 0.0152. The van der Waals surface area contributed by atoms with Gasteiger partial charge < -0.3 is 10.1 Å². The Labute approximate surface area is 186 Å². The summed E-state index contributed by atoms with van der Waals surface area (Å²) in [4.78, 5) is 17.8. The number of nitrogens with one attached hydrogen (secondary N) is 1. The van der Waals surface area contributed by atoms with Crippen molar-refractivity contribution in [2.45, 2.75) is 57.5 Å². The Kier molecular flexibility index (Phi) is 7.38. The molecule has 5 heteroatoms. The number of nitrogens with zero attached hydrogens (tertiary/aromatic N) is 2. The van der Waals surface area contributed by atoms with E-state index in [1.54, 1.807) is 0 Å². The second-order valence-corrected chi connectivity index (χ2v) is 9.02. The van der Waals surface area contributed by atoms with E-state index in [9.17, 15) is 4.79 Å². The minimum Gasteiger partial charge on any atom is -0.368 e. The lowest BCUT2D eigenvalue weighted by Gasteiger charge is -2.40. The van der Waals surface area contributed by atoms with Crippen molar-refractivity contribution < 1.29 is 9.53 Å². The van der Waals surface area contributed by atoms with Crippen molar-refractivity contribution in [3.05, 3.63) is 71.8 Å². The lowest BCUT2D eigenvalue weighted by molar-refractivity contribution is -0.134. The maximum absolute atomic E-state index is 13.0. The standard InChI is InChI=1S/C26H35N3O2/c1-20-17-29(19-25(31-20)23-11-7-4-8-12-23)21(2)26(30)27-24-13-15-28(16-14-24)18-22-9-5-3-6-10-22/h3-12,20-21,24-25H,13-19H2,1-2H3,(H,27,30). The van der Waals surface area contributed by atoms with Crippen LogP contribution in [-0.4, -0.2) is 60.1 Å². The number of benzene rings is 2. The van der Waals surface area contributed by atoms with Crippen LogP contribution in [0.15, 0.2) is 60.7 Å². The Morgan fingerprint density at radius 3 is 2.35 bits per heavy atom. The quantitative estimate of drug-likeness (QED) is 0.774. The number of rotatable bonds is 6. The summed E-state index contributed by atoms with van der Waals surface area (Å²) in [5, 5.41) is 3.32. The zero-order valence-electron chi connectivity index (χ0n) is 18.7. The number of piperidine rings is 1. The molecule has 3 atom stereocenters. The molecule has 2 aromatic rings. The van der Waals surface area contributed by atoms with Gasteiger partial charge in [0.15, 0.2) is 0 Å². The van der Waals surface area contributed by atoms with Gasteiger partial charge in [-0.05, 0) is 37.8 Å². The Morgan fingerprint density at radius 2 is 1.68 bits per heavy atom. The molecule has 0 aliphatic carbocycles. The van der Waals surface area contributed by atoms with E-state index in [2.05, 4.69) is 64.5 Å². The molecule has 3 unspecified atom stereocenters. The highest BCUT2D eigenvalue weighted by Crippen LogP contribution is 2.26. The van der Waals surface area contributed by atoms with Crippen LogP contribution >= 0.6 is 0 Å². The van der Waals surface area contributed by atoms with Gasteiger partial charge in [-0.15, -0.1) is 0 Å². The molecule has 166 valence electrons. The predicted molar refractivity (Wildman–Crippen MR) is 124 cm³/mol. The largest absolute Gasteiger partial charge is 0.368 e. The van der Waals surface area contributed by atoms with Crippen LogP contribution in [0, 0.1) is 0 Å². The number of hydrogen-bond donors (Lipinski definition) is 1. The maximum Gasteiger partial charge on any atom is 0.237 e. The van der Waals surface area contributed by atoms with Gasteiger partial charge in [0.1, 0.15) is 0 Å². The van der Waals surface area contributed by atoms with Crippen molar-refractivity contribution >= 4 is 5.91 Å². The topological polar surface area (TPSA) is 44.8 Å². The third-order valence-electron chi connectivity index (χ3n) is 6.57. The number of carbonyl (C=O) groups excluding carboxylic acids is 1. The van der Waals surface area contributed by atoms with Gasteiger partial charge in [0.05, 0.1) is 18.2 Å². The van der Waals surface area contributed by atoms with Crippen LogP contribution in [0.5, 0.6) is 0 Å². The smallest absolute Gasteiger partial charge is 0.237 e. The van der Waals surface area contributed by atoms with Crippen molar-refractivity contribution in [3.8, 4) is 0 Å². The SMILES string of the molecule is CC1CN(C(C)C(=O)NC2CCN(Cc3ccccc3)CC2)CC(c2ccccc2)O1. The molecule has 1 amide bonds. The van der Waals surface area contributed by atoms with Crippen LogP contribution in [0.2, 0.25) is 0 Å². The molecule has 0 bridgehead atoms. The van der Waals surface area contributed by atoms with Crippen LogP contribution < -0.4 is 5.32 Å². The number of hydrogen-bond acceptors (Lipinski definition) is 4. The van der Waals surface area contributed by atoms with Crippen LogP contribution in [0.1, 0.15) is 43.9 Å². The molecule has 0 aromatic heterocycles. The Morgan fingerprint density at radius 1 is 1.03 bits per heavy atom. The molecular weight excluding hydrogens is 386 g/mol. The first-order valence-electron chi connectivity index (χ1n) is 11.6. The molecule has 2 aromatic carbocycles. The molecule has 2 saturated heterocycles. The lowest BCUT2D eigenvalue weighted by atomic mass is 10.0. The zero-order chi connectivity index (χ0) is 21.6. The fraction of sp³-hybridized carbons (Fsp3) is 0.500. The normalized spacial score (nSPS) is 24.6. The molecule has 2 aliphatic rings. The molecule has 5 nitrogen and oxygen atoms in total. The minimum atomic E-state index is -0.153. The lowest BCUT2D eigenvalue weighted by Crippen LogP contribution is -2.55. The zero-order valence-corrected chi connectivity index (χ0v) is 18.7. The van der Waals surface area contributed by atoms with Gasteiger partial charge in [-0.3, -0.25) is 14.6 Å². The van der Waals surface area contributed by atoms with Crippen LogP contribution in [0.25, 0.3) is 0 Å². The van der Waals surface area contributed by atoms with E-state index >= 15 is 0 Å². The third-order valence-corrected chi connectivity index (χ3v) is 6.57.